The molecule has 1 aromatic heterocycles. The van der Waals surface area contributed by atoms with Crippen LogP contribution in [0.5, 0.6) is 0 Å². The van der Waals surface area contributed by atoms with Gasteiger partial charge in [-0.25, -0.2) is 4.39 Å². The summed E-state index contributed by atoms with van der Waals surface area (Å²) in [6, 6.07) is 4.88. The molecule has 0 bridgehead atoms. The number of rotatable bonds is 3. The Hall–Kier alpha value is -2.74. The number of aromatic nitrogens is 1. The van der Waals surface area contributed by atoms with Gasteiger partial charge in [-0.05, 0) is 25.0 Å². The molecule has 1 saturated carbocycles. The Morgan fingerprint density at radius 2 is 2.08 bits per heavy atom. The number of carbonyl (C=O) groups excluding carboxylic acids is 2. The fraction of sp³-hybridized carbons (Fsp3) is 0.389. The van der Waals surface area contributed by atoms with E-state index in [2.05, 4.69) is 15.6 Å². The van der Waals surface area contributed by atoms with Crippen molar-refractivity contribution in [3.05, 3.63) is 46.0 Å². The van der Waals surface area contributed by atoms with Gasteiger partial charge in [0.25, 0.3) is 5.91 Å². The van der Waals surface area contributed by atoms with Gasteiger partial charge in [0.15, 0.2) is 5.43 Å². The molecule has 2 aliphatic rings. The van der Waals surface area contributed by atoms with Gasteiger partial charge < -0.3 is 20.5 Å². The Labute approximate surface area is 148 Å². The first-order chi connectivity index (χ1) is 12.5. The molecule has 2 amide bonds. The van der Waals surface area contributed by atoms with E-state index in [0.29, 0.717) is 19.6 Å². The lowest BCUT2D eigenvalue weighted by molar-refractivity contribution is -0.126. The number of aromatic amines is 1. The van der Waals surface area contributed by atoms with Crippen LogP contribution in [-0.2, 0) is 4.79 Å². The van der Waals surface area contributed by atoms with Gasteiger partial charge in [0.05, 0.1) is 5.52 Å². The topological polar surface area (TPSA) is 94.3 Å². The number of halogens is 1. The van der Waals surface area contributed by atoms with Crippen LogP contribution in [0.2, 0.25) is 0 Å². The van der Waals surface area contributed by atoms with Gasteiger partial charge in [-0.15, -0.1) is 0 Å². The number of H-pyrrole nitrogens is 1. The molecular weight excluding hydrogens is 339 g/mol. The van der Waals surface area contributed by atoms with Crippen LogP contribution in [0.25, 0.3) is 10.9 Å². The van der Waals surface area contributed by atoms with Crippen molar-refractivity contribution in [1.29, 1.82) is 0 Å². The fourth-order valence-corrected chi connectivity index (χ4v) is 3.21. The van der Waals surface area contributed by atoms with Crippen LogP contribution in [0, 0.1) is 5.82 Å². The molecule has 0 spiro atoms. The fourth-order valence-electron chi connectivity index (χ4n) is 3.21. The van der Waals surface area contributed by atoms with Crippen LogP contribution in [0.4, 0.5) is 4.39 Å². The highest BCUT2D eigenvalue weighted by molar-refractivity contribution is 5.98. The molecule has 2 aromatic rings. The van der Waals surface area contributed by atoms with E-state index in [4.69, 9.17) is 0 Å². The standard InChI is InChI=1S/C18H19FN4O3/c19-12-3-1-2-11-15(24)8-13(22-16(11)12)18(26)23-7-6-20-9-14(23)17(25)21-10-4-5-10/h1-3,8,10,14,20H,4-7,9H2,(H,21,25)(H,22,24)/t14-/m0/s1. The molecule has 136 valence electrons. The maximum absolute atomic E-state index is 14.0. The summed E-state index contributed by atoms with van der Waals surface area (Å²) >= 11 is 0. The third-order valence-corrected chi connectivity index (χ3v) is 4.78. The molecule has 2 fully saturated rings. The lowest BCUT2D eigenvalue weighted by Gasteiger charge is -2.35. The highest BCUT2D eigenvalue weighted by atomic mass is 19.1. The van der Waals surface area contributed by atoms with Crippen molar-refractivity contribution in [3.8, 4) is 0 Å². The van der Waals surface area contributed by atoms with Gasteiger partial charge in [0.2, 0.25) is 5.91 Å². The van der Waals surface area contributed by atoms with Crippen LogP contribution in [0.1, 0.15) is 23.3 Å². The minimum atomic E-state index is -0.656. The number of hydrogen-bond acceptors (Lipinski definition) is 4. The van der Waals surface area contributed by atoms with Crippen molar-refractivity contribution in [2.75, 3.05) is 19.6 Å². The Balaban J connectivity index is 1.66. The smallest absolute Gasteiger partial charge is 0.271 e. The number of benzene rings is 1. The van der Waals surface area contributed by atoms with Crippen LogP contribution >= 0.6 is 0 Å². The van der Waals surface area contributed by atoms with E-state index in [9.17, 15) is 18.8 Å². The molecule has 1 aromatic carbocycles. The quantitative estimate of drug-likeness (QED) is 0.738. The van der Waals surface area contributed by atoms with Gasteiger partial charge in [0, 0.05) is 37.1 Å². The summed E-state index contributed by atoms with van der Waals surface area (Å²) in [7, 11) is 0. The lowest BCUT2D eigenvalue weighted by atomic mass is 10.1. The molecule has 7 nitrogen and oxygen atoms in total. The Kier molecular flexibility index (Phi) is 4.20. The number of fused-ring (bicyclic) bond motifs is 1. The van der Waals surface area contributed by atoms with E-state index in [1.165, 1.54) is 29.2 Å². The minimum Gasteiger partial charge on any atom is -0.352 e. The summed E-state index contributed by atoms with van der Waals surface area (Å²) < 4.78 is 14.0. The normalized spacial score (nSPS) is 20.2. The monoisotopic (exact) mass is 358 g/mol. The molecule has 8 heteroatoms. The number of amides is 2. The van der Waals surface area contributed by atoms with Crippen molar-refractivity contribution >= 4 is 22.7 Å². The summed E-state index contributed by atoms with van der Waals surface area (Å²) in [4.78, 5) is 41.8. The number of pyridine rings is 1. The molecule has 1 aliphatic heterocycles. The molecule has 3 N–H and O–H groups in total. The molecular formula is C18H19FN4O3. The van der Waals surface area contributed by atoms with Crippen LogP contribution in [0.15, 0.2) is 29.1 Å². The first-order valence-corrected chi connectivity index (χ1v) is 8.68. The zero-order chi connectivity index (χ0) is 18.3. The third-order valence-electron chi connectivity index (χ3n) is 4.78. The van der Waals surface area contributed by atoms with E-state index in [1.54, 1.807) is 0 Å². The van der Waals surface area contributed by atoms with Crippen LogP contribution in [-0.4, -0.2) is 53.4 Å². The Morgan fingerprint density at radius 1 is 1.27 bits per heavy atom. The Bertz CT molecular complexity index is 938. The van der Waals surface area contributed by atoms with E-state index < -0.39 is 23.2 Å². The maximum Gasteiger partial charge on any atom is 0.271 e. The molecule has 1 aliphatic carbocycles. The maximum atomic E-state index is 14.0. The van der Waals surface area contributed by atoms with Gasteiger partial charge in [0.1, 0.15) is 17.6 Å². The van der Waals surface area contributed by atoms with Crippen molar-refractivity contribution in [2.24, 2.45) is 0 Å². The average Bonchev–Trinajstić information content (AvgIpc) is 3.46. The van der Waals surface area contributed by atoms with Crippen molar-refractivity contribution in [3.63, 3.8) is 0 Å². The van der Waals surface area contributed by atoms with Gasteiger partial charge in [-0.1, -0.05) is 6.07 Å². The molecule has 1 saturated heterocycles. The first kappa shape index (κ1) is 16.7. The average molecular weight is 358 g/mol. The summed E-state index contributed by atoms with van der Waals surface area (Å²) in [6.07, 6.45) is 1.91. The number of hydrogen-bond donors (Lipinski definition) is 3. The van der Waals surface area contributed by atoms with Gasteiger partial charge in [-0.2, -0.15) is 0 Å². The predicted octanol–water partition coefficient (Wildman–Crippen LogP) is 0.360. The minimum absolute atomic E-state index is 0.00235. The van der Waals surface area contributed by atoms with Crippen molar-refractivity contribution < 1.29 is 14.0 Å². The summed E-state index contributed by atoms with van der Waals surface area (Å²) in [6.45, 7) is 1.22. The zero-order valence-corrected chi connectivity index (χ0v) is 14.0. The number of carbonyl (C=O) groups is 2. The molecule has 2 heterocycles. The summed E-state index contributed by atoms with van der Waals surface area (Å²) in [5.74, 6) is -1.29. The third kappa shape index (κ3) is 3.08. The van der Waals surface area contributed by atoms with E-state index in [-0.39, 0.29) is 28.5 Å². The molecule has 0 unspecified atom stereocenters. The van der Waals surface area contributed by atoms with Gasteiger partial charge >= 0.3 is 0 Å². The molecule has 0 radical (unpaired) electrons. The largest absolute Gasteiger partial charge is 0.352 e. The second-order valence-corrected chi connectivity index (χ2v) is 6.71. The number of para-hydroxylation sites is 1. The second kappa shape index (κ2) is 6.53. The van der Waals surface area contributed by atoms with Crippen molar-refractivity contribution in [1.82, 2.24) is 20.5 Å². The molecule has 1 atom stereocenters. The molecule has 4 rings (SSSR count). The first-order valence-electron chi connectivity index (χ1n) is 8.68. The van der Waals surface area contributed by atoms with Gasteiger partial charge in [-0.3, -0.25) is 14.4 Å². The Morgan fingerprint density at radius 3 is 2.85 bits per heavy atom. The second-order valence-electron chi connectivity index (χ2n) is 6.71. The van der Waals surface area contributed by atoms with Crippen LogP contribution < -0.4 is 16.1 Å². The van der Waals surface area contributed by atoms with E-state index in [0.717, 1.165) is 12.8 Å². The summed E-state index contributed by atoms with van der Waals surface area (Å²) in [5, 5.41) is 6.20. The van der Waals surface area contributed by atoms with Crippen LogP contribution in [0.3, 0.4) is 0 Å². The van der Waals surface area contributed by atoms with E-state index in [1.807, 2.05) is 0 Å². The number of nitrogens with zero attached hydrogens (tertiary/aromatic N) is 1. The highest BCUT2D eigenvalue weighted by Crippen LogP contribution is 2.20. The van der Waals surface area contributed by atoms with E-state index >= 15 is 0 Å². The SMILES string of the molecule is O=C(NC1CC1)[C@@H]1CNCCN1C(=O)c1cc(=O)c2cccc(F)c2[nH]1. The number of piperazine rings is 1. The van der Waals surface area contributed by atoms with Crippen molar-refractivity contribution in [2.45, 2.75) is 24.9 Å². The summed E-state index contributed by atoms with van der Waals surface area (Å²) in [5.41, 5.74) is -0.452. The number of nitrogens with one attached hydrogen (secondary N) is 3. The lowest BCUT2D eigenvalue weighted by Crippen LogP contribution is -2.60. The highest BCUT2D eigenvalue weighted by Gasteiger charge is 2.35. The molecule has 26 heavy (non-hydrogen) atoms. The predicted molar refractivity (Wildman–Crippen MR) is 93.4 cm³/mol. The zero-order valence-electron chi connectivity index (χ0n) is 14.0.